The highest BCUT2D eigenvalue weighted by molar-refractivity contribution is 6.33. The second kappa shape index (κ2) is 7.38. The molecule has 1 aliphatic carbocycles. The van der Waals surface area contributed by atoms with Crippen molar-refractivity contribution in [3.63, 3.8) is 0 Å². The standard InChI is InChI=1S/C26H20ClNO/c27-23-12-5-4-10-22(23)26(29)28-25(19-7-2-1-3-8-19)21-16-15-18-14-13-17-9-6-11-20(21)24(17)18/h1-12,15-16,25H,13-14H2,(H,28,29)/t25-/m0/s1. The first-order valence-electron chi connectivity index (χ1n) is 9.86. The molecule has 0 aromatic heterocycles. The van der Waals surface area contributed by atoms with Crippen molar-refractivity contribution in [3.8, 4) is 0 Å². The first-order valence-corrected chi connectivity index (χ1v) is 10.2. The van der Waals surface area contributed by atoms with E-state index >= 15 is 0 Å². The molecular formula is C26H20ClNO. The van der Waals surface area contributed by atoms with Crippen molar-refractivity contribution in [1.29, 1.82) is 0 Å². The number of hydrogen-bond donors (Lipinski definition) is 1. The number of hydrogen-bond acceptors (Lipinski definition) is 1. The Morgan fingerprint density at radius 3 is 2.31 bits per heavy atom. The van der Waals surface area contributed by atoms with Crippen LogP contribution in [0.2, 0.25) is 5.02 Å². The molecule has 0 bridgehead atoms. The van der Waals surface area contributed by atoms with E-state index in [0.717, 1.165) is 24.0 Å². The third kappa shape index (κ3) is 3.20. The summed E-state index contributed by atoms with van der Waals surface area (Å²) < 4.78 is 0. The summed E-state index contributed by atoms with van der Waals surface area (Å²) in [6, 6.07) is 27.9. The fourth-order valence-corrected chi connectivity index (χ4v) is 4.58. The highest BCUT2D eigenvalue weighted by Crippen LogP contribution is 2.37. The van der Waals surface area contributed by atoms with E-state index < -0.39 is 0 Å². The molecule has 1 aliphatic rings. The number of carbonyl (C=O) groups excluding carboxylic acids is 1. The van der Waals surface area contributed by atoms with E-state index in [9.17, 15) is 4.79 Å². The zero-order valence-corrected chi connectivity index (χ0v) is 16.6. The van der Waals surface area contributed by atoms with Crippen molar-refractivity contribution in [2.24, 2.45) is 0 Å². The van der Waals surface area contributed by atoms with Gasteiger partial charge in [0.25, 0.3) is 5.91 Å². The van der Waals surface area contributed by atoms with Crippen LogP contribution >= 0.6 is 11.6 Å². The zero-order chi connectivity index (χ0) is 19.8. The fourth-order valence-electron chi connectivity index (χ4n) is 4.36. The molecule has 0 saturated heterocycles. The van der Waals surface area contributed by atoms with E-state index in [1.165, 1.54) is 21.9 Å². The smallest absolute Gasteiger partial charge is 0.253 e. The second-order valence-corrected chi connectivity index (χ2v) is 7.86. The van der Waals surface area contributed by atoms with Crippen LogP contribution in [0.25, 0.3) is 10.8 Å². The van der Waals surface area contributed by atoms with Crippen LogP contribution < -0.4 is 5.32 Å². The molecule has 29 heavy (non-hydrogen) atoms. The molecule has 0 fully saturated rings. The molecule has 4 aromatic carbocycles. The van der Waals surface area contributed by atoms with Gasteiger partial charge in [-0.3, -0.25) is 4.79 Å². The van der Waals surface area contributed by atoms with Crippen molar-refractivity contribution < 1.29 is 4.79 Å². The van der Waals surface area contributed by atoms with Gasteiger partial charge in [-0.1, -0.05) is 84.4 Å². The van der Waals surface area contributed by atoms with Crippen LogP contribution in [-0.4, -0.2) is 5.91 Å². The molecule has 0 aliphatic heterocycles. The van der Waals surface area contributed by atoms with Gasteiger partial charge in [-0.25, -0.2) is 0 Å². The number of aryl methyl sites for hydroxylation is 2. The van der Waals surface area contributed by atoms with E-state index in [0.29, 0.717) is 10.6 Å². The molecule has 0 spiro atoms. The molecule has 0 heterocycles. The van der Waals surface area contributed by atoms with Gasteiger partial charge in [0.05, 0.1) is 16.6 Å². The highest BCUT2D eigenvalue weighted by atomic mass is 35.5. The molecular weight excluding hydrogens is 378 g/mol. The predicted octanol–water partition coefficient (Wildman–Crippen LogP) is 6.11. The number of benzene rings is 4. The van der Waals surface area contributed by atoms with Crippen molar-refractivity contribution in [1.82, 2.24) is 5.32 Å². The van der Waals surface area contributed by atoms with Crippen molar-refractivity contribution in [3.05, 3.63) is 118 Å². The Hall–Kier alpha value is -3.10. The van der Waals surface area contributed by atoms with E-state index in [4.69, 9.17) is 11.6 Å². The fraction of sp³-hybridized carbons (Fsp3) is 0.115. The Morgan fingerprint density at radius 1 is 0.793 bits per heavy atom. The molecule has 1 atom stereocenters. The number of halogens is 1. The first-order chi connectivity index (χ1) is 14.2. The van der Waals surface area contributed by atoms with Gasteiger partial charge in [-0.2, -0.15) is 0 Å². The third-order valence-corrected chi connectivity index (χ3v) is 6.08. The third-order valence-electron chi connectivity index (χ3n) is 5.75. The summed E-state index contributed by atoms with van der Waals surface area (Å²) in [5.74, 6) is -0.173. The summed E-state index contributed by atoms with van der Waals surface area (Å²) in [5.41, 5.74) is 5.43. The van der Waals surface area contributed by atoms with Gasteiger partial charge in [0, 0.05) is 0 Å². The van der Waals surface area contributed by atoms with E-state index in [2.05, 4.69) is 47.8 Å². The van der Waals surface area contributed by atoms with Crippen LogP contribution in [-0.2, 0) is 12.8 Å². The summed E-state index contributed by atoms with van der Waals surface area (Å²) in [5, 5.41) is 6.25. The lowest BCUT2D eigenvalue weighted by molar-refractivity contribution is 0.0943. The SMILES string of the molecule is O=C(N[C@@H](c1ccccc1)c1ccc2c3c(cccc13)CC2)c1ccccc1Cl. The Bertz CT molecular complexity index is 1210. The van der Waals surface area contributed by atoms with E-state index in [-0.39, 0.29) is 11.9 Å². The van der Waals surface area contributed by atoms with Gasteiger partial charge in [0.2, 0.25) is 0 Å². The van der Waals surface area contributed by atoms with Gasteiger partial charge in [0.15, 0.2) is 0 Å². The van der Waals surface area contributed by atoms with Crippen LogP contribution in [0.1, 0.15) is 38.7 Å². The lowest BCUT2D eigenvalue weighted by atomic mass is 9.91. The van der Waals surface area contributed by atoms with Gasteiger partial charge in [0.1, 0.15) is 0 Å². The zero-order valence-electron chi connectivity index (χ0n) is 15.9. The largest absolute Gasteiger partial charge is 0.341 e. The second-order valence-electron chi connectivity index (χ2n) is 7.45. The molecule has 2 nitrogen and oxygen atoms in total. The molecule has 3 heteroatoms. The summed E-state index contributed by atoms with van der Waals surface area (Å²) in [6.45, 7) is 0. The molecule has 1 amide bonds. The predicted molar refractivity (Wildman–Crippen MR) is 119 cm³/mol. The highest BCUT2D eigenvalue weighted by Gasteiger charge is 2.23. The van der Waals surface area contributed by atoms with E-state index in [1.807, 2.05) is 30.3 Å². The number of amides is 1. The van der Waals surface area contributed by atoms with Crippen molar-refractivity contribution in [2.45, 2.75) is 18.9 Å². The van der Waals surface area contributed by atoms with Gasteiger partial charge in [-0.15, -0.1) is 0 Å². The van der Waals surface area contributed by atoms with Crippen molar-refractivity contribution >= 4 is 28.3 Å². The summed E-state index contributed by atoms with van der Waals surface area (Å²) in [6.07, 6.45) is 2.16. The average Bonchev–Trinajstić information content (AvgIpc) is 3.18. The quantitative estimate of drug-likeness (QED) is 0.442. The maximum atomic E-state index is 13.1. The topological polar surface area (TPSA) is 29.1 Å². The Morgan fingerprint density at radius 2 is 1.52 bits per heavy atom. The van der Waals surface area contributed by atoms with Gasteiger partial charge >= 0.3 is 0 Å². The lowest BCUT2D eigenvalue weighted by Gasteiger charge is -2.22. The maximum absolute atomic E-state index is 13.1. The monoisotopic (exact) mass is 397 g/mol. The molecule has 0 radical (unpaired) electrons. The molecule has 0 saturated carbocycles. The van der Waals surface area contributed by atoms with Gasteiger partial charge in [-0.05, 0) is 58.0 Å². The first kappa shape index (κ1) is 18.0. The van der Waals surface area contributed by atoms with Crippen LogP contribution in [0, 0.1) is 0 Å². The molecule has 142 valence electrons. The van der Waals surface area contributed by atoms with Crippen LogP contribution in [0.15, 0.2) is 84.9 Å². The molecule has 1 N–H and O–H groups in total. The number of carbonyl (C=O) groups is 1. The van der Waals surface area contributed by atoms with E-state index in [1.54, 1.807) is 12.1 Å². The summed E-state index contributed by atoms with van der Waals surface area (Å²) >= 11 is 6.28. The normalized spacial score (nSPS) is 13.4. The average molecular weight is 398 g/mol. The Kier molecular flexibility index (Phi) is 4.57. The Balaban J connectivity index is 1.64. The van der Waals surface area contributed by atoms with Crippen molar-refractivity contribution in [2.75, 3.05) is 0 Å². The molecule has 0 unspecified atom stereocenters. The summed E-state index contributed by atoms with van der Waals surface area (Å²) in [7, 11) is 0. The molecule has 5 rings (SSSR count). The summed E-state index contributed by atoms with van der Waals surface area (Å²) in [4.78, 5) is 13.1. The maximum Gasteiger partial charge on any atom is 0.253 e. The van der Waals surface area contributed by atoms with Gasteiger partial charge < -0.3 is 5.32 Å². The number of nitrogens with one attached hydrogen (secondary N) is 1. The van der Waals surface area contributed by atoms with Crippen LogP contribution in [0.5, 0.6) is 0 Å². The van der Waals surface area contributed by atoms with Crippen LogP contribution in [0.3, 0.4) is 0 Å². The van der Waals surface area contributed by atoms with Crippen LogP contribution in [0.4, 0.5) is 0 Å². The number of rotatable bonds is 4. The Labute approximate surface area is 175 Å². The minimum atomic E-state index is -0.259. The lowest BCUT2D eigenvalue weighted by Crippen LogP contribution is -2.29. The molecule has 4 aromatic rings. The minimum absolute atomic E-state index is 0.173. The minimum Gasteiger partial charge on any atom is -0.341 e.